The maximum Gasteiger partial charge on any atom is 0.127 e. The zero-order chi connectivity index (χ0) is 13.0. The van der Waals surface area contributed by atoms with Crippen LogP contribution < -0.4 is 0 Å². The van der Waals surface area contributed by atoms with E-state index in [1.807, 2.05) is 6.07 Å². The van der Waals surface area contributed by atoms with Crippen molar-refractivity contribution in [2.75, 3.05) is 32.7 Å². The van der Waals surface area contributed by atoms with Crippen molar-refractivity contribution in [1.82, 2.24) is 9.80 Å². The molecule has 3 nitrogen and oxygen atoms in total. The minimum atomic E-state index is -0.155. The smallest absolute Gasteiger partial charge is 0.127 e. The lowest BCUT2D eigenvalue weighted by molar-refractivity contribution is 0.137. The molecule has 0 radical (unpaired) electrons. The van der Waals surface area contributed by atoms with E-state index in [4.69, 9.17) is 5.26 Å². The number of piperazine rings is 1. The lowest BCUT2D eigenvalue weighted by atomic mass is 10.2. The van der Waals surface area contributed by atoms with Crippen molar-refractivity contribution in [3.8, 4) is 6.07 Å². The van der Waals surface area contributed by atoms with Gasteiger partial charge in [0.2, 0.25) is 0 Å². The van der Waals surface area contributed by atoms with Crippen molar-refractivity contribution in [3.05, 3.63) is 34.1 Å². The Bertz CT molecular complexity index is 450. The highest BCUT2D eigenvalue weighted by atomic mass is 79.9. The number of hydrogen-bond acceptors (Lipinski definition) is 3. The van der Waals surface area contributed by atoms with Crippen LogP contribution in [0, 0.1) is 17.1 Å². The van der Waals surface area contributed by atoms with E-state index in [2.05, 4.69) is 31.8 Å². The van der Waals surface area contributed by atoms with Gasteiger partial charge in [-0.1, -0.05) is 15.9 Å². The molecular weight excluding hydrogens is 297 g/mol. The summed E-state index contributed by atoms with van der Waals surface area (Å²) < 4.78 is 14.5. The largest absolute Gasteiger partial charge is 0.296 e. The third-order valence-corrected chi connectivity index (χ3v) is 3.65. The first-order valence-electron chi connectivity index (χ1n) is 5.94. The molecular formula is C13H15BrFN3. The predicted molar refractivity (Wildman–Crippen MR) is 71.4 cm³/mol. The number of rotatable bonds is 3. The molecule has 0 saturated carbocycles. The molecule has 0 bridgehead atoms. The third kappa shape index (κ3) is 3.52. The van der Waals surface area contributed by atoms with Crippen molar-refractivity contribution >= 4 is 15.9 Å². The second-order valence-electron chi connectivity index (χ2n) is 4.45. The Morgan fingerprint density at radius 1 is 1.22 bits per heavy atom. The highest BCUT2D eigenvalue weighted by Gasteiger charge is 2.17. The lowest BCUT2D eigenvalue weighted by Crippen LogP contribution is -2.45. The van der Waals surface area contributed by atoms with Crippen molar-refractivity contribution < 1.29 is 4.39 Å². The molecule has 2 rings (SSSR count). The number of nitriles is 1. The third-order valence-electron chi connectivity index (χ3n) is 3.16. The van der Waals surface area contributed by atoms with Gasteiger partial charge in [0.25, 0.3) is 0 Å². The van der Waals surface area contributed by atoms with Crippen LogP contribution in [0.4, 0.5) is 4.39 Å². The van der Waals surface area contributed by atoms with E-state index in [1.54, 1.807) is 6.07 Å². The first kappa shape index (κ1) is 13.5. The predicted octanol–water partition coefficient (Wildman–Crippen LogP) is 2.23. The van der Waals surface area contributed by atoms with Gasteiger partial charge >= 0.3 is 0 Å². The summed E-state index contributed by atoms with van der Waals surface area (Å²) in [5.41, 5.74) is 0.720. The maximum absolute atomic E-state index is 13.6. The molecule has 5 heteroatoms. The second-order valence-corrected chi connectivity index (χ2v) is 5.36. The van der Waals surface area contributed by atoms with Gasteiger partial charge in [0.05, 0.1) is 12.6 Å². The lowest BCUT2D eigenvalue weighted by Gasteiger charge is -2.33. The van der Waals surface area contributed by atoms with Gasteiger partial charge in [-0.3, -0.25) is 9.80 Å². The average Bonchev–Trinajstić information content (AvgIpc) is 2.37. The fourth-order valence-corrected chi connectivity index (χ4v) is 2.52. The Kier molecular flexibility index (Phi) is 4.70. The molecule has 0 amide bonds. The topological polar surface area (TPSA) is 30.3 Å². The van der Waals surface area contributed by atoms with E-state index in [-0.39, 0.29) is 5.82 Å². The summed E-state index contributed by atoms with van der Waals surface area (Å²) in [6.45, 7) is 4.64. The molecule has 1 saturated heterocycles. The number of hydrogen-bond donors (Lipinski definition) is 0. The van der Waals surface area contributed by atoms with Crippen molar-refractivity contribution in [1.29, 1.82) is 5.26 Å². The Balaban J connectivity index is 1.92. The molecule has 0 unspecified atom stereocenters. The van der Waals surface area contributed by atoms with Crippen LogP contribution in [0.15, 0.2) is 22.7 Å². The van der Waals surface area contributed by atoms with E-state index in [1.165, 1.54) is 6.07 Å². The van der Waals surface area contributed by atoms with E-state index in [0.29, 0.717) is 13.1 Å². The maximum atomic E-state index is 13.6. The molecule has 1 aliphatic rings. The quantitative estimate of drug-likeness (QED) is 0.802. The van der Waals surface area contributed by atoms with Crippen LogP contribution in [0.3, 0.4) is 0 Å². The fourth-order valence-electron chi connectivity index (χ4n) is 2.11. The minimum absolute atomic E-state index is 0.155. The van der Waals surface area contributed by atoms with E-state index in [9.17, 15) is 4.39 Å². The first-order valence-corrected chi connectivity index (χ1v) is 6.74. The fraction of sp³-hybridized carbons (Fsp3) is 0.462. The van der Waals surface area contributed by atoms with Gasteiger partial charge in [-0.05, 0) is 18.2 Å². The Labute approximate surface area is 115 Å². The summed E-state index contributed by atoms with van der Waals surface area (Å²) in [6, 6.07) is 7.19. The van der Waals surface area contributed by atoms with Crippen molar-refractivity contribution in [2.24, 2.45) is 0 Å². The molecule has 1 aliphatic heterocycles. The second kappa shape index (κ2) is 6.28. The number of nitrogens with zero attached hydrogens (tertiary/aromatic N) is 3. The van der Waals surface area contributed by atoms with Gasteiger partial charge in [0.1, 0.15) is 5.82 Å². The Morgan fingerprint density at radius 2 is 1.89 bits per heavy atom. The Hall–Kier alpha value is -0.960. The highest BCUT2D eigenvalue weighted by Crippen LogP contribution is 2.17. The van der Waals surface area contributed by atoms with Crippen LogP contribution in [-0.2, 0) is 6.54 Å². The van der Waals surface area contributed by atoms with Gasteiger partial charge in [-0.2, -0.15) is 5.26 Å². The average molecular weight is 312 g/mol. The van der Waals surface area contributed by atoms with Crippen LogP contribution >= 0.6 is 15.9 Å². The van der Waals surface area contributed by atoms with Gasteiger partial charge in [0.15, 0.2) is 0 Å². The zero-order valence-electron chi connectivity index (χ0n) is 10.1. The van der Waals surface area contributed by atoms with Crippen LogP contribution in [0.5, 0.6) is 0 Å². The summed E-state index contributed by atoms with van der Waals surface area (Å²) in [5, 5.41) is 8.63. The standard InChI is InChI=1S/C13H15BrFN3/c14-12-1-2-13(15)11(9-12)10-18-7-5-17(4-3-16)6-8-18/h1-2,9H,4-8,10H2. The summed E-state index contributed by atoms with van der Waals surface area (Å²) in [4.78, 5) is 4.34. The summed E-state index contributed by atoms with van der Waals surface area (Å²) in [5.74, 6) is -0.155. The molecule has 0 N–H and O–H groups in total. The van der Waals surface area contributed by atoms with Crippen LogP contribution in [-0.4, -0.2) is 42.5 Å². The summed E-state index contributed by atoms with van der Waals surface area (Å²) in [7, 11) is 0. The zero-order valence-corrected chi connectivity index (χ0v) is 11.7. The minimum Gasteiger partial charge on any atom is -0.296 e. The normalized spacial score (nSPS) is 17.6. The number of halogens is 2. The highest BCUT2D eigenvalue weighted by molar-refractivity contribution is 9.10. The summed E-state index contributed by atoms with van der Waals surface area (Å²) >= 11 is 3.36. The molecule has 18 heavy (non-hydrogen) atoms. The van der Waals surface area contributed by atoms with Gasteiger partial charge in [-0.15, -0.1) is 0 Å². The van der Waals surface area contributed by atoms with Crippen LogP contribution in [0.1, 0.15) is 5.56 Å². The van der Waals surface area contributed by atoms with Crippen molar-refractivity contribution in [2.45, 2.75) is 6.54 Å². The van der Waals surface area contributed by atoms with Crippen LogP contribution in [0.2, 0.25) is 0 Å². The Morgan fingerprint density at radius 3 is 2.56 bits per heavy atom. The molecule has 0 aromatic heterocycles. The first-order chi connectivity index (χ1) is 8.69. The molecule has 0 atom stereocenters. The van der Waals surface area contributed by atoms with Gasteiger partial charge in [0, 0.05) is 42.8 Å². The SMILES string of the molecule is N#CCN1CCN(Cc2cc(Br)ccc2F)CC1. The van der Waals surface area contributed by atoms with E-state index >= 15 is 0 Å². The molecule has 1 fully saturated rings. The van der Waals surface area contributed by atoms with Crippen LogP contribution in [0.25, 0.3) is 0 Å². The molecule has 1 aromatic carbocycles. The molecule has 96 valence electrons. The van der Waals surface area contributed by atoms with Gasteiger partial charge < -0.3 is 0 Å². The molecule has 0 aliphatic carbocycles. The van der Waals surface area contributed by atoms with Crippen molar-refractivity contribution in [3.63, 3.8) is 0 Å². The van der Waals surface area contributed by atoms with E-state index in [0.717, 1.165) is 36.2 Å². The van der Waals surface area contributed by atoms with E-state index < -0.39 is 0 Å². The molecule has 0 spiro atoms. The monoisotopic (exact) mass is 311 g/mol. The number of benzene rings is 1. The van der Waals surface area contributed by atoms with Gasteiger partial charge in [-0.25, -0.2) is 4.39 Å². The molecule has 1 aromatic rings. The summed E-state index contributed by atoms with van der Waals surface area (Å²) in [6.07, 6.45) is 0. The molecule has 1 heterocycles.